The van der Waals surface area contributed by atoms with Gasteiger partial charge in [-0.25, -0.2) is 9.97 Å². The molecule has 1 atom stereocenters. The van der Waals surface area contributed by atoms with Crippen LogP contribution in [-0.2, 0) is 13.5 Å². The summed E-state index contributed by atoms with van der Waals surface area (Å²) in [6.07, 6.45) is 7.91. The first-order valence-electron chi connectivity index (χ1n) is 9.48. The maximum Gasteiger partial charge on any atom is 0.225 e. The maximum absolute atomic E-state index is 10.6. The molecular weight excluding hydrogens is 338 g/mol. The molecule has 1 aliphatic rings. The molecule has 6 heteroatoms. The second-order valence-corrected chi connectivity index (χ2v) is 7.23. The van der Waals surface area contributed by atoms with Crippen molar-refractivity contribution in [1.29, 1.82) is 0 Å². The van der Waals surface area contributed by atoms with Crippen molar-refractivity contribution in [2.24, 2.45) is 13.0 Å². The summed E-state index contributed by atoms with van der Waals surface area (Å²) in [5.41, 5.74) is 3.08. The van der Waals surface area contributed by atoms with Gasteiger partial charge in [0.05, 0.1) is 18.0 Å². The topological polar surface area (TPSA) is 67.1 Å². The van der Waals surface area contributed by atoms with Crippen molar-refractivity contribution >= 4 is 5.95 Å². The first kappa shape index (κ1) is 17.7. The summed E-state index contributed by atoms with van der Waals surface area (Å²) in [6, 6.07) is 12.1. The lowest BCUT2D eigenvalue weighted by molar-refractivity contribution is 0.0928. The zero-order chi connectivity index (χ0) is 18.6. The number of hydrogen-bond donors (Lipinski definition) is 1. The highest BCUT2D eigenvalue weighted by atomic mass is 16.3. The lowest BCUT2D eigenvalue weighted by Gasteiger charge is -2.34. The molecule has 2 aromatic heterocycles. The molecule has 1 unspecified atom stereocenters. The van der Waals surface area contributed by atoms with Crippen LogP contribution in [0.25, 0.3) is 11.3 Å². The molecule has 0 amide bonds. The van der Waals surface area contributed by atoms with E-state index >= 15 is 0 Å². The van der Waals surface area contributed by atoms with Gasteiger partial charge in [-0.1, -0.05) is 30.3 Å². The maximum atomic E-state index is 10.6. The van der Waals surface area contributed by atoms with Crippen LogP contribution in [-0.4, -0.2) is 44.0 Å². The minimum absolute atomic E-state index is 0.294. The molecule has 1 N–H and O–H groups in total. The number of rotatable bonds is 5. The van der Waals surface area contributed by atoms with E-state index in [1.54, 1.807) is 10.9 Å². The third-order valence-corrected chi connectivity index (χ3v) is 5.30. The lowest BCUT2D eigenvalue weighted by Crippen LogP contribution is -2.39. The average Bonchev–Trinajstić information content (AvgIpc) is 3.15. The van der Waals surface area contributed by atoms with Gasteiger partial charge in [0.25, 0.3) is 0 Å². The smallest absolute Gasteiger partial charge is 0.225 e. The number of aliphatic hydroxyl groups excluding tert-OH is 1. The van der Waals surface area contributed by atoms with E-state index in [4.69, 9.17) is 4.98 Å². The second kappa shape index (κ2) is 7.88. The van der Waals surface area contributed by atoms with E-state index in [1.165, 1.54) is 5.56 Å². The molecule has 0 saturated carbocycles. The standard InChI is InChI=1S/C21H25N5O/c1-25-15-18(14-23-25)19-7-10-22-21(24-19)26-11-8-17(9-12-26)20(27)13-16-5-3-2-4-6-16/h2-7,10,14-15,17,20,27H,8-9,11-13H2,1H3. The first-order valence-corrected chi connectivity index (χ1v) is 9.48. The van der Waals surface area contributed by atoms with Gasteiger partial charge < -0.3 is 10.0 Å². The molecule has 0 bridgehead atoms. The number of hydrogen-bond acceptors (Lipinski definition) is 5. The van der Waals surface area contributed by atoms with Gasteiger partial charge in [0.1, 0.15) is 0 Å². The zero-order valence-corrected chi connectivity index (χ0v) is 15.6. The molecule has 3 heterocycles. The molecule has 27 heavy (non-hydrogen) atoms. The van der Waals surface area contributed by atoms with Crippen LogP contribution in [0, 0.1) is 5.92 Å². The summed E-state index contributed by atoms with van der Waals surface area (Å²) >= 11 is 0. The summed E-state index contributed by atoms with van der Waals surface area (Å²) in [4.78, 5) is 11.4. The van der Waals surface area contributed by atoms with Crippen LogP contribution in [0.3, 0.4) is 0 Å². The van der Waals surface area contributed by atoms with Crippen LogP contribution in [0.15, 0.2) is 55.0 Å². The summed E-state index contributed by atoms with van der Waals surface area (Å²) in [6.45, 7) is 1.74. The SMILES string of the molecule is Cn1cc(-c2ccnc(N3CCC(C(O)Cc4ccccc4)CC3)n2)cn1. The molecule has 4 rings (SSSR count). The third kappa shape index (κ3) is 4.17. The second-order valence-electron chi connectivity index (χ2n) is 7.23. The number of benzene rings is 1. The highest BCUT2D eigenvalue weighted by Crippen LogP contribution is 2.26. The van der Waals surface area contributed by atoms with Crippen LogP contribution >= 0.6 is 0 Å². The Morgan fingerprint density at radius 1 is 1.15 bits per heavy atom. The van der Waals surface area contributed by atoms with E-state index in [0.717, 1.165) is 49.6 Å². The molecule has 1 fully saturated rings. The Bertz CT molecular complexity index is 871. The van der Waals surface area contributed by atoms with E-state index in [0.29, 0.717) is 5.92 Å². The number of piperidine rings is 1. The van der Waals surface area contributed by atoms with Gasteiger partial charge in [-0.3, -0.25) is 4.68 Å². The molecule has 0 spiro atoms. The highest BCUT2D eigenvalue weighted by molar-refractivity contribution is 5.58. The Balaban J connectivity index is 1.38. The molecule has 1 saturated heterocycles. The fourth-order valence-electron chi connectivity index (χ4n) is 3.72. The van der Waals surface area contributed by atoms with E-state index in [2.05, 4.69) is 27.1 Å². The summed E-state index contributed by atoms with van der Waals surface area (Å²) < 4.78 is 1.77. The van der Waals surface area contributed by atoms with Crippen molar-refractivity contribution in [3.63, 3.8) is 0 Å². The van der Waals surface area contributed by atoms with E-state index in [9.17, 15) is 5.11 Å². The van der Waals surface area contributed by atoms with Gasteiger partial charge in [-0.2, -0.15) is 5.10 Å². The fourth-order valence-corrected chi connectivity index (χ4v) is 3.72. The van der Waals surface area contributed by atoms with Crippen molar-refractivity contribution in [2.45, 2.75) is 25.4 Å². The fraction of sp³-hybridized carbons (Fsp3) is 0.381. The van der Waals surface area contributed by atoms with Crippen LogP contribution in [0.1, 0.15) is 18.4 Å². The normalized spacial score (nSPS) is 16.4. The van der Waals surface area contributed by atoms with E-state index in [1.807, 2.05) is 43.7 Å². The Kier molecular flexibility index (Phi) is 5.16. The van der Waals surface area contributed by atoms with Crippen LogP contribution < -0.4 is 4.90 Å². The minimum Gasteiger partial charge on any atom is -0.392 e. The molecule has 140 valence electrons. The van der Waals surface area contributed by atoms with Crippen LogP contribution in [0.4, 0.5) is 5.95 Å². The molecular formula is C21H25N5O. The molecule has 3 aromatic rings. The van der Waals surface area contributed by atoms with Gasteiger partial charge in [0, 0.05) is 38.1 Å². The molecule has 0 aliphatic carbocycles. The molecule has 0 radical (unpaired) electrons. The molecule has 1 aliphatic heterocycles. The Morgan fingerprint density at radius 3 is 2.63 bits per heavy atom. The summed E-state index contributed by atoms with van der Waals surface area (Å²) in [5, 5.41) is 14.8. The number of aromatic nitrogens is 4. The van der Waals surface area contributed by atoms with Gasteiger partial charge in [0.15, 0.2) is 0 Å². The van der Waals surface area contributed by atoms with Gasteiger partial charge >= 0.3 is 0 Å². The van der Waals surface area contributed by atoms with Crippen LogP contribution in [0.2, 0.25) is 0 Å². The van der Waals surface area contributed by atoms with Crippen molar-refractivity contribution in [3.8, 4) is 11.3 Å². The zero-order valence-electron chi connectivity index (χ0n) is 15.6. The van der Waals surface area contributed by atoms with Crippen molar-refractivity contribution < 1.29 is 5.11 Å². The van der Waals surface area contributed by atoms with E-state index < -0.39 is 0 Å². The number of nitrogens with zero attached hydrogens (tertiary/aromatic N) is 5. The highest BCUT2D eigenvalue weighted by Gasteiger charge is 2.26. The van der Waals surface area contributed by atoms with Gasteiger partial charge in [0.2, 0.25) is 5.95 Å². The van der Waals surface area contributed by atoms with Gasteiger partial charge in [-0.05, 0) is 36.8 Å². The Labute approximate surface area is 159 Å². The number of aliphatic hydroxyl groups is 1. The predicted octanol–water partition coefficient (Wildman–Crippen LogP) is 2.70. The minimum atomic E-state index is -0.294. The van der Waals surface area contributed by atoms with Crippen molar-refractivity contribution in [2.75, 3.05) is 18.0 Å². The summed E-state index contributed by atoms with van der Waals surface area (Å²) in [5.74, 6) is 1.08. The lowest BCUT2D eigenvalue weighted by atomic mass is 9.88. The van der Waals surface area contributed by atoms with Crippen molar-refractivity contribution in [1.82, 2.24) is 19.7 Å². The molecule has 6 nitrogen and oxygen atoms in total. The van der Waals surface area contributed by atoms with Crippen LogP contribution in [0.5, 0.6) is 0 Å². The third-order valence-electron chi connectivity index (χ3n) is 5.30. The predicted molar refractivity (Wildman–Crippen MR) is 105 cm³/mol. The van der Waals surface area contributed by atoms with E-state index in [-0.39, 0.29) is 6.10 Å². The Hall–Kier alpha value is -2.73. The first-order chi connectivity index (χ1) is 13.2. The molecule has 1 aromatic carbocycles. The van der Waals surface area contributed by atoms with Gasteiger partial charge in [-0.15, -0.1) is 0 Å². The largest absolute Gasteiger partial charge is 0.392 e. The quantitative estimate of drug-likeness (QED) is 0.755. The number of aryl methyl sites for hydroxylation is 1. The summed E-state index contributed by atoms with van der Waals surface area (Å²) in [7, 11) is 1.90. The average molecular weight is 363 g/mol. The number of anilines is 1. The monoisotopic (exact) mass is 363 g/mol. The van der Waals surface area contributed by atoms with Crippen molar-refractivity contribution in [3.05, 3.63) is 60.6 Å². The Morgan fingerprint density at radius 2 is 1.93 bits per heavy atom.